The number of nitro benzene ring substituents is 1. The number of hydrogen-bond donors (Lipinski definition) is 0. The zero-order valence-corrected chi connectivity index (χ0v) is 13.0. The van der Waals surface area contributed by atoms with Crippen molar-refractivity contribution < 1.29 is 4.92 Å². The van der Waals surface area contributed by atoms with Crippen LogP contribution in [-0.4, -0.2) is 19.9 Å². The Labute approximate surface area is 139 Å². The van der Waals surface area contributed by atoms with Crippen molar-refractivity contribution in [2.75, 3.05) is 0 Å². The number of rotatable bonds is 6. The summed E-state index contributed by atoms with van der Waals surface area (Å²) in [6, 6.07) is 16.3. The number of nitro groups is 1. The molecular formula is C18H16N4O2. The lowest BCUT2D eigenvalue weighted by atomic mass is 10.1. The monoisotopic (exact) mass is 320 g/mol. The van der Waals surface area contributed by atoms with Crippen LogP contribution in [0.1, 0.15) is 11.3 Å². The predicted molar refractivity (Wildman–Crippen MR) is 91.6 cm³/mol. The van der Waals surface area contributed by atoms with Gasteiger partial charge in [0.1, 0.15) is 5.69 Å². The molecule has 0 radical (unpaired) electrons. The first-order chi connectivity index (χ1) is 11.7. The molecule has 0 aliphatic rings. The van der Waals surface area contributed by atoms with Crippen LogP contribution in [0.4, 0.5) is 5.69 Å². The first-order valence-electron chi connectivity index (χ1n) is 7.51. The Morgan fingerprint density at radius 3 is 2.46 bits per heavy atom. The van der Waals surface area contributed by atoms with Crippen LogP contribution in [-0.2, 0) is 13.0 Å². The third-order valence-corrected chi connectivity index (χ3v) is 3.70. The lowest BCUT2D eigenvalue weighted by Crippen LogP contribution is -2.06. The van der Waals surface area contributed by atoms with E-state index in [1.54, 1.807) is 18.2 Å². The number of non-ortho nitro benzene ring substituents is 1. The zero-order chi connectivity index (χ0) is 16.9. The van der Waals surface area contributed by atoms with E-state index >= 15 is 0 Å². The summed E-state index contributed by atoms with van der Waals surface area (Å²) in [7, 11) is 0. The molecule has 1 heterocycles. The number of aromatic nitrogens is 3. The maximum absolute atomic E-state index is 10.8. The summed E-state index contributed by atoms with van der Waals surface area (Å²) in [5.74, 6) is 0. The molecule has 0 saturated heterocycles. The van der Waals surface area contributed by atoms with Gasteiger partial charge >= 0.3 is 0 Å². The van der Waals surface area contributed by atoms with E-state index in [0.29, 0.717) is 13.0 Å². The fourth-order valence-electron chi connectivity index (χ4n) is 2.52. The van der Waals surface area contributed by atoms with Crippen LogP contribution in [0.2, 0.25) is 0 Å². The molecule has 0 aliphatic carbocycles. The Balaban J connectivity index is 1.96. The molecule has 2 aromatic carbocycles. The number of nitrogens with zero attached hydrogens (tertiary/aromatic N) is 4. The summed E-state index contributed by atoms with van der Waals surface area (Å²) in [5, 5.41) is 19.3. The highest BCUT2D eigenvalue weighted by Crippen LogP contribution is 2.24. The van der Waals surface area contributed by atoms with E-state index in [1.165, 1.54) is 12.1 Å². The molecule has 0 spiro atoms. The molecule has 0 N–H and O–H groups in total. The second-order valence-electron chi connectivity index (χ2n) is 5.32. The lowest BCUT2D eigenvalue weighted by Gasteiger charge is -2.06. The number of hydrogen-bond acceptors (Lipinski definition) is 4. The molecule has 0 aliphatic heterocycles. The molecular weight excluding hydrogens is 304 g/mol. The second kappa shape index (κ2) is 6.87. The van der Waals surface area contributed by atoms with Crippen molar-refractivity contribution in [3.63, 3.8) is 0 Å². The Morgan fingerprint density at radius 1 is 1.12 bits per heavy atom. The quantitative estimate of drug-likeness (QED) is 0.395. The van der Waals surface area contributed by atoms with Gasteiger partial charge in [-0.15, -0.1) is 11.7 Å². The first-order valence-corrected chi connectivity index (χ1v) is 7.51. The molecule has 6 heteroatoms. The van der Waals surface area contributed by atoms with Gasteiger partial charge in [0.25, 0.3) is 5.69 Å². The molecule has 0 saturated carbocycles. The van der Waals surface area contributed by atoms with Crippen LogP contribution < -0.4 is 0 Å². The van der Waals surface area contributed by atoms with Crippen molar-refractivity contribution in [3.05, 3.63) is 88.6 Å². The third-order valence-electron chi connectivity index (χ3n) is 3.70. The molecule has 1 aromatic heterocycles. The van der Waals surface area contributed by atoms with Gasteiger partial charge in [0.15, 0.2) is 0 Å². The van der Waals surface area contributed by atoms with Crippen LogP contribution in [0.15, 0.2) is 67.3 Å². The summed E-state index contributed by atoms with van der Waals surface area (Å²) in [6.07, 6.45) is 2.42. The highest BCUT2D eigenvalue weighted by molar-refractivity contribution is 5.63. The fraction of sp³-hybridized carbons (Fsp3) is 0.111. The molecule has 24 heavy (non-hydrogen) atoms. The van der Waals surface area contributed by atoms with E-state index in [-0.39, 0.29) is 5.69 Å². The molecule has 0 unspecified atom stereocenters. The van der Waals surface area contributed by atoms with Crippen LogP contribution >= 0.6 is 0 Å². The highest BCUT2D eigenvalue weighted by Gasteiger charge is 2.15. The fourth-order valence-corrected chi connectivity index (χ4v) is 2.52. The van der Waals surface area contributed by atoms with Gasteiger partial charge < -0.3 is 0 Å². The zero-order valence-electron chi connectivity index (χ0n) is 13.0. The minimum absolute atomic E-state index is 0.0562. The maximum Gasteiger partial charge on any atom is 0.269 e. The smallest absolute Gasteiger partial charge is 0.258 e. The van der Waals surface area contributed by atoms with Crippen molar-refractivity contribution in [1.29, 1.82) is 0 Å². The number of benzene rings is 2. The van der Waals surface area contributed by atoms with Crippen molar-refractivity contribution in [1.82, 2.24) is 15.0 Å². The summed E-state index contributed by atoms with van der Waals surface area (Å²) in [5.41, 5.74) is 3.64. The van der Waals surface area contributed by atoms with Crippen molar-refractivity contribution in [2.24, 2.45) is 0 Å². The average molecular weight is 320 g/mol. The molecule has 0 atom stereocenters. The SMILES string of the molecule is C=CCc1c(-c2ccc([N+](=O)[O-])cc2)nnn1Cc1ccccc1. The molecule has 3 rings (SSSR count). The van der Waals surface area contributed by atoms with Gasteiger partial charge in [-0.3, -0.25) is 10.1 Å². The second-order valence-corrected chi connectivity index (χ2v) is 5.32. The van der Waals surface area contributed by atoms with Crippen LogP contribution in [0, 0.1) is 10.1 Å². The Kier molecular flexibility index (Phi) is 4.47. The van der Waals surface area contributed by atoms with E-state index in [0.717, 1.165) is 22.5 Å². The van der Waals surface area contributed by atoms with E-state index in [9.17, 15) is 10.1 Å². The standard InChI is InChI=1S/C18H16N4O2/c1-2-6-17-18(15-9-11-16(12-10-15)22(23)24)19-20-21(17)13-14-7-4-3-5-8-14/h2-5,7-12H,1,6,13H2. The summed E-state index contributed by atoms with van der Waals surface area (Å²) in [6.45, 7) is 4.41. The van der Waals surface area contributed by atoms with Gasteiger partial charge in [0.2, 0.25) is 0 Å². The Bertz CT molecular complexity index is 854. The summed E-state index contributed by atoms with van der Waals surface area (Å²) in [4.78, 5) is 10.4. The Morgan fingerprint density at radius 2 is 1.83 bits per heavy atom. The lowest BCUT2D eigenvalue weighted by molar-refractivity contribution is -0.384. The van der Waals surface area contributed by atoms with Crippen LogP contribution in [0.25, 0.3) is 11.3 Å². The maximum atomic E-state index is 10.8. The molecule has 6 nitrogen and oxygen atoms in total. The van der Waals surface area contributed by atoms with Crippen LogP contribution in [0.3, 0.4) is 0 Å². The molecule has 0 amide bonds. The van der Waals surface area contributed by atoms with Gasteiger partial charge in [-0.2, -0.15) is 0 Å². The number of allylic oxidation sites excluding steroid dienone is 1. The average Bonchev–Trinajstić information content (AvgIpc) is 2.99. The largest absolute Gasteiger partial charge is 0.269 e. The van der Waals surface area contributed by atoms with E-state index in [2.05, 4.69) is 16.9 Å². The molecule has 3 aromatic rings. The van der Waals surface area contributed by atoms with Crippen molar-refractivity contribution in [2.45, 2.75) is 13.0 Å². The van der Waals surface area contributed by atoms with E-state index < -0.39 is 4.92 Å². The minimum atomic E-state index is -0.416. The molecule has 120 valence electrons. The predicted octanol–water partition coefficient (Wildman–Crippen LogP) is 3.63. The van der Waals surface area contributed by atoms with Crippen LogP contribution in [0.5, 0.6) is 0 Å². The Hall–Kier alpha value is -3.28. The van der Waals surface area contributed by atoms with Gasteiger partial charge in [-0.05, 0) is 17.7 Å². The van der Waals surface area contributed by atoms with Gasteiger partial charge in [0.05, 0.1) is 17.2 Å². The summed E-state index contributed by atoms with van der Waals surface area (Å²) < 4.78 is 1.84. The van der Waals surface area contributed by atoms with E-state index in [1.807, 2.05) is 35.0 Å². The topological polar surface area (TPSA) is 73.8 Å². The normalized spacial score (nSPS) is 10.5. The van der Waals surface area contributed by atoms with E-state index in [4.69, 9.17) is 0 Å². The van der Waals surface area contributed by atoms with Crippen molar-refractivity contribution in [3.8, 4) is 11.3 Å². The van der Waals surface area contributed by atoms with Gasteiger partial charge in [-0.1, -0.05) is 41.6 Å². The summed E-state index contributed by atoms with van der Waals surface area (Å²) >= 11 is 0. The highest BCUT2D eigenvalue weighted by atomic mass is 16.6. The van der Waals surface area contributed by atoms with Gasteiger partial charge in [-0.25, -0.2) is 4.68 Å². The minimum Gasteiger partial charge on any atom is -0.258 e. The molecule has 0 bridgehead atoms. The van der Waals surface area contributed by atoms with Crippen molar-refractivity contribution >= 4 is 5.69 Å². The first kappa shape index (κ1) is 15.6. The third kappa shape index (κ3) is 3.22. The van der Waals surface area contributed by atoms with Gasteiger partial charge in [0, 0.05) is 24.1 Å². The molecule has 0 fully saturated rings.